The number of carbonyl (C=O) groups excluding carboxylic acids is 1. The van der Waals surface area contributed by atoms with E-state index in [2.05, 4.69) is 0 Å². The van der Waals surface area contributed by atoms with E-state index in [0.717, 1.165) is 16.0 Å². The van der Waals surface area contributed by atoms with Crippen LogP contribution in [0, 0.1) is 13.8 Å². The fraction of sp³-hybridized carbons (Fsp3) is 0.400. The van der Waals surface area contributed by atoms with E-state index >= 15 is 0 Å². The Morgan fingerprint density at radius 2 is 1.83 bits per heavy atom. The van der Waals surface area contributed by atoms with E-state index in [9.17, 15) is 13.2 Å². The predicted octanol–water partition coefficient (Wildman–Crippen LogP) is 2.57. The molecule has 3 heterocycles. The highest BCUT2D eigenvalue weighted by molar-refractivity contribution is 7.91. The summed E-state index contributed by atoms with van der Waals surface area (Å²) in [6.07, 6.45) is 0. The SMILES string of the molecule is Cc1scc(C(=O)N2CCN(S(=O)(=O)c3cccs3)CC2)c1C. The molecule has 1 aliphatic heterocycles. The largest absolute Gasteiger partial charge is 0.336 e. The van der Waals surface area contributed by atoms with Crippen molar-refractivity contribution in [3.63, 3.8) is 0 Å². The van der Waals surface area contributed by atoms with Crippen molar-refractivity contribution in [3.05, 3.63) is 38.9 Å². The smallest absolute Gasteiger partial charge is 0.255 e. The lowest BCUT2D eigenvalue weighted by atomic mass is 10.1. The number of carbonyl (C=O) groups is 1. The lowest BCUT2D eigenvalue weighted by molar-refractivity contribution is 0.0698. The molecule has 0 unspecified atom stereocenters. The highest BCUT2D eigenvalue weighted by atomic mass is 32.2. The lowest BCUT2D eigenvalue weighted by Crippen LogP contribution is -2.50. The van der Waals surface area contributed by atoms with Gasteiger partial charge in [0.2, 0.25) is 0 Å². The summed E-state index contributed by atoms with van der Waals surface area (Å²) in [5.74, 6) is 0.0000200. The number of rotatable bonds is 3. The Labute approximate surface area is 144 Å². The molecule has 3 rings (SSSR count). The van der Waals surface area contributed by atoms with Crippen LogP contribution < -0.4 is 0 Å². The normalized spacial score (nSPS) is 16.7. The molecule has 2 aromatic rings. The molecule has 5 nitrogen and oxygen atoms in total. The number of sulfonamides is 1. The molecule has 0 N–H and O–H groups in total. The van der Waals surface area contributed by atoms with Crippen LogP contribution in [0.15, 0.2) is 27.1 Å². The van der Waals surface area contributed by atoms with Crippen LogP contribution in [0.3, 0.4) is 0 Å². The molecule has 0 aromatic carbocycles. The zero-order valence-corrected chi connectivity index (χ0v) is 15.4. The first kappa shape index (κ1) is 16.6. The summed E-state index contributed by atoms with van der Waals surface area (Å²) in [5, 5.41) is 3.65. The number of piperazine rings is 1. The van der Waals surface area contributed by atoms with Gasteiger partial charge in [0.15, 0.2) is 0 Å². The molecule has 23 heavy (non-hydrogen) atoms. The number of amides is 1. The summed E-state index contributed by atoms with van der Waals surface area (Å²) < 4.78 is 26.8. The van der Waals surface area contributed by atoms with Crippen molar-refractivity contribution >= 4 is 38.6 Å². The Morgan fingerprint density at radius 3 is 2.35 bits per heavy atom. The molecule has 1 amide bonds. The van der Waals surface area contributed by atoms with E-state index in [1.165, 1.54) is 15.6 Å². The van der Waals surface area contributed by atoms with Gasteiger partial charge in [-0.2, -0.15) is 4.31 Å². The highest BCUT2D eigenvalue weighted by Crippen LogP contribution is 2.25. The van der Waals surface area contributed by atoms with Crippen molar-refractivity contribution in [1.29, 1.82) is 0 Å². The van der Waals surface area contributed by atoms with E-state index in [-0.39, 0.29) is 5.91 Å². The molecular weight excluding hydrogens is 352 g/mol. The number of hydrogen-bond acceptors (Lipinski definition) is 5. The predicted molar refractivity (Wildman–Crippen MR) is 92.8 cm³/mol. The average molecular weight is 371 g/mol. The second-order valence-electron chi connectivity index (χ2n) is 5.46. The summed E-state index contributed by atoms with van der Waals surface area (Å²) >= 11 is 2.80. The zero-order valence-electron chi connectivity index (χ0n) is 13.0. The molecule has 0 atom stereocenters. The fourth-order valence-corrected chi connectivity index (χ4v) is 5.99. The Morgan fingerprint density at radius 1 is 1.13 bits per heavy atom. The van der Waals surface area contributed by atoms with Gasteiger partial charge in [0.25, 0.3) is 15.9 Å². The van der Waals surface area contributed by atoms with Crippen molar-refractivity contribution in [3.8, 4) is 0 Å². The first-order valence-electron chi connectivity index (χ1n) is 7.29. The summed E-state index contributed by atoms with van der Waals surface area (Å²) in [5.41, 5.74) is 1.76. The van der Waals surface area contributed by atoms with Crippen LogP contribution >= 0.6 is 22.7 Å². The standard InChI is InChI=1S/C15H18N2O3S3/c1-11-12(2)22-10-13(11)15(18)16-5-7-17(8-6-16)23(19,20)14-4-3-9-21-14/h3-4,9-10H,5-8H2,1-2H3. The van der Waals surface area contributed by atoms with Gasteiger partial charge in [0, 0.05) is 36.4 Å². The molecule has 1 fully saturated rings. The van der Waals surface area contributed by atoms with Gasteiger partial charge in [-0.1, -0.05) is 6.07 Å². The highest BCUT2D eigenvalue weighted by Gasteiger charge is 2.31. The van der Waals surface area contributed by atoms with Crippen molar-refractivity contribution in [1.82, 2.24) is 9.21 Å². The summed E-state index contributed by atoms with van der Waals surface area (Å²) in [6, 6.07) is 3.36. The van der Waals surface area contributed by atoms with Crippen molar-refractivity contribution in [2.75, 3.05) is 26.2 Å². The van der Waals surface area contributed by atoms with Crippen molar-refractivity contribution < 1.29 is 13.2 Å². The molecule has 8 heteroatoms. The topological polar surface area (TPSA) is 57.7 Å². The molecule has 1 aliphatic rings. The van der Waals surface area contributed by atoms with Gasteiger partial charge in [0.05, 0.1) is 5.56 Å². The maximum Gasteiger partial charge on any atom is 0.255 e. The molecule has 0 radical (unpaired) electrons. The molecule has 1 saturated heterocycles. The van der Waals surface area contributed by atoms with E-state index in [4.69, 9.17) is 0 Å². The van der Waals surface area contributed by atoms with Gasteiger partial charge in [-0.05, 0) is 30.9 Å². The molecule has 0 bridgehead atoms. The Balaban J connectivity index is 1.69. The number of thiophene rings is 2. The van der Waals surface area contributed by atoms with E-state index < -0.39 is 10.0 Å². The molecule has 0 spiro atoms. The third-order valence-corrected chi connectivity index (χ3v) is 8.42. The van der Waals surface area contributed by atoms with E-state index in [0.29, 0.717) is 30.4 Å². The van der Waals surface area contributed by atoms with Gasteiger partial charge in [-0.15, -0.1) is 22.7 Å². The Kier molecular flexibility index (Phi) is 4.59. The third kappa shape index (κ3) is 3.08. The second-order valence-corrected chi connectivity index (χ2v) is 9.66. The fourth-order valence-electron chi connectivity index (χ4n) is 2.56. The third-order valence-electron chi connectivity index (χ3n) is 4.13. The van der Waals surface area contributed by atoms with E-state index in [1.807, 2.05) is 19.2 Å². The molecular formula is C15H18N2O3S3. The molecule has 124 valence electrons. The number of nitrogens with zero attached hydrogens (tertiary/aromatic N) is 2. The van der Waals surface area contributed by atoms with Gasteiger partial charge >= 0.3 is 0 Å². The van der Waals surface area contributed by atoms with Gasteiger partial charge in [0.1, 0.15) is 4.21 Å². The van der Waals surface area contributed by atoms with Crippen LogP contribution in [0.2, 0.25) is 0 Å². The average Bonchev–Trinajstić information content (AvgIpc) is 3.19. The van der Waals surface area contributed by atoms with Crippen LogP contribution in [-0.4, -0.2) is 49.7 Å². The Bertz CT molecular complexity index is 801. The maximum absolute atomic E-state index is 12.6. The minimum Gasteiger partial charge on any atom is -0.336 e. The molecule has 0 saturated carbocycles. The lowest BCUT2D eigenvalue weighted by Gasteiger charge is -2.33. The van der Waals surface area contributed by atoms with Crippen LogP contribution in [0.5, 0.6) is 0 Å². The zero-order chi connectivity index (χ0) is 16.6. The Hall–Kier alpha value is -1.22. The summed E-state index contributed by atoms with van der Waals surface area (Å²) in [7, 11) is -3.42. The van der Waals surface area contributed by atoms with Crippen molar-refractivity contribution in [2.45, 2.75) is 18.1 Å². The van der Waals surface area contributed by atoms with Crippen LogP contribution in [-0.2, 0) is 10.0 Å². The summed E-state index contributed by atoms with van der Waals surface area (Å²) in [4.78, 5) is 15.5. The van der Waals surface area contributed by atoms with E-state index in [1.54, 1.807) is 33.7 Å². The molecule has 2 aromatic heterocycles. The van der Waals surface area contributed by atoms with Crippen molar-refractivity contribution in [2.24, 2.45) is 0 Å². The van der Waals surface area contributed by atoms with Crippen LogP contribution in [0.1, 0.15) is 20.8 Å². The van der Waals surface area contributed by atoms with Gasteiger partial charge < -0.3 is 4.90 Å². The first-order chi connectivity index (χ1) is 10.9. The number of aryl methyl sites for hydroxylation is 1. The van der Waals surface area contributed by atoms with Gasteiger partial charge in [-0.25, -0.2) is 8.42 Å². The summed E-state index contributed by atoms with van der Waals surface area (Å²) in [6.45, 7) is 5.50. The minimum atomic E-state index is -3.42. The van der Waals surface area contributed by atoms with Crippen LogP contribution in [0.25, 0.3) is 0 Å². The number of hydrogen-bond donors (Lipinski definition) is 0. The maximum atomic E-state index is 12.6. The van der Waals surface area contributed by atoms with Gasteiger partial charge in [-0.3, -0.25) is 4.79 Å². The second kappa shape index (κ2) is 6.35. The quantitative estimate of drug-likeness (QED) is 0.834. The first-order valence-corrected chi connectivity index (χ1v) is 10.5. The monoisotopic (exact) mass is 370 g/mol. The van der Waals surface area contributed by atoms with Crippen LogP contribution in [0.4, 0.5) is 0 Å². The molecule has 0 aliphatic carbocycles. The minimum absolute atomic E-state index is 0.0000200.